The molecule has 206 valence electrons. The Balaban J connectivity index is 1.07. The molecule has 2 heterocycles. The van der Waals surface area contributed by atoms with E-state index in [9.17, 15) is 14.7 Å². The number of nitrogens with zero attached hydrogens (tertiary/aromatic N) is 3. The summed E-state index contributed by atoms with van der Waals surface area (Å²) >= 11 is 0. The third-order valence-electron chi connectivity index (χ3n) is 8.89. The van der Waals surface area contributed by atoms with E-state index in [1.54, 1.807) is 0 Å². The number of piperazine rings is 1. The molecule has 0 aromatic heterocycles. The van der Waals surface area contributed by atoms with Crippen molar-refractivity contribution >= 4 is 22.6 Å². The van der Waals surface area contributed by atoms with Crippen molar-refractivity contribution in [3.63, 3.8) is 0 Å². The van der Waals surface area contributed by atoms with Gasteiger partial charge in [-0.15, -0.1) is 0 Å². The van der Waals surface area contributed by atoms with Gasteiger partial charge in [0.15, 0.2) is 0 Å². The van der Waals surface area contributed by atoms with Crippen LogP contribution in [0.3, 0.4) is 0 Å². The number of carbonyl (C=O) groups excluding carboxylic acids is 2. The van der Waals surface area contributed by atoms with Crippen LogP contribution in [0, 0.1) is 17.8 Å². The predicted octanol–water partition coefficient (Wildman–Crippen LogP) is 3.89. The molecule has 0 bridgehead atoms. The molecule has 3 aliphatic rings. The second-order valence-electron chi connectivity index (χ2n) is 12.0. The molecule has 7 heteroatoms. The van der Waals surface area contributed by atoms with Crippen molar-refractivity contribution < 1.29 is 19.4 Å². The van der Waals surface area contributed by atoms with Crippen LogP contribution in [-0.4, -0.2) is 96.2 Å². The van der Waals surface area contributed by atoms with E-state index >= 15 is 0 Å². The van der Waals surface area contributed by atoms with Crippen LogP contribution in [0.1, 0.15) is 60.7 Å². The number of carbonyl (C=O) groups is 2. The number of aliphatic hydroxyl groups excluding tert-OH is 1. The van der Waals surface area contributed by atoms with E-state index in [-0.39, 0.29) is 17.9 Å². The Morgan fingerprint density at radius 2 is 1.55 bits per heavy atom. The van der Waals surface area contributed by atoms with Crippen molar-refractivity contribution in [2.75, 3.05) is 52.4 Å². The van der Waals surface area contributed by atoms with Gasteiger partial charge in [0, 0.05) is 62.3 Å². The largest absolute Gasteiger partial charge is 0.389 e. The fourth-order valence-corrected chi connectivity index (χ4v) is 6.61. The van der Waals surface area contributed by atoms with Gasteiger partial charge in [0.1, 0.15) is 0 Å². The van der Waals surface area contributed by atoms with E-state index in [0.717, 1.165) is 43.4 Å². The first-order chi connectivity index (χ1) is 18.3. The topological polar surface area (TPSA) is 73.3 Å². The van der Waals surface area contributed by atoms with Gasteiger partial charge in [-0.25, -0.2) is 0 Å². The van der Waals surface area contributed by atoms with Crippen LogP contribution in [0.4, 0.5) is 0 Å². The summed E-state index contributed by atoms with van der Waals surface area (Å²) in [6.07, 6.45) is 3.36. The van der Waals surface area contributed by atoms with E-state index in [4.69, 9.17) is 4.74 Å². The third kappa shape index (κ3) is 5.81. The van der Waals surface area contributed by atoms with Gasteiger partial charge in [-0.05, 0) is 48.1 Å². The van der Waals surface area contributed by atoms with Gasteiger partial charge in [-0.3, -0.25) is 24.3 Å². The number of aliphatic hydroxyl groups is 1. The molecular formula is C31H43N3O4. The van der Waals surface area contributed by atoms with Crippen molar-refractivity contribution in [3.05, 3.63) is 47.5 Å². The Morgan fingerprint density at radius 1 is 0.921 bits per heavy atom. The lowest BCUT2D eigenvalue weighted by molar-refractivity contribution is -0.0754. The molecule has 4 atom stereocenters. The van der Waals surface area contributed by atoms with Gasteiger partial charge in [-0.1, -0.05) is 51.5 Å². The lowest BCUT2D eigenvalue weighted by atomic mass is 9.75. The number of β-amino-alcohol motifs (C(OH)–C–C–N with tert-alkyl or cyclic N) is 1. The molecule has 2 aromatic rings. The molecule has 2 fully saturated rings. The standard InChI is InChI=1S/C31H43N3O4/c1-21(2)25-11-10-22(3)18-28(25)38-20-24(35)19-33-14-12-32(13-15-33)16-17-34-30(36)26-8-4-6-23-7-5-9-27(29(23)26)31(34)37/h4-9,21-22,24-25,28,35H,10-20H2,1-3H3/t22-,24+,25-,28+/m1/s1. The Kier molecular flexibility index (Phi) is 8.48. The molecule has 0 spiro atoms. The first-order valence-corrected chi connectivity index (χ1v) is 14.4. The van der Waals surface area contributed by atoms with Crippen molar-refractivity contribution in [3.8, 4) is 0 Å². The molecule has 1 N–H and O–H groups in total. The van der Waals surface area contributed by atoms with Crippen molar-refractivity contribution in [1.82, 2.24) is 14.7 Å². The summed E-state index contributed by atoms with van der Waals surface area (Å²) in [5.74, 6) is 1.49. The molecule has 2 amide bonds. The maximum Gasteiger partial charge on any atom is 0.261 e. The van der Waals surface area contributed by atoms with Crippen LogP contribution < -0.4 is 0 Å². The van der Waals surface area contributed by atoms with Crippen LogP contribution in [0.5, 0.6) is 0 Å². The number of hydrogen-bond acceptors (Lipinski definition) is 6. The maximum atomic E-state index is 13.1. The van der Waals surface area contributed by atoms with Gasteiger partial charge in [0.05, 0.1) is 18.8 Å². The minimum atomic E-state index is -0.488. The van der Waals surface area contributed by atoms with Gasteiger partial charge in [0.2, 0.25) is 0 Å². The second-order valence-corrected chi connectivity index (χ2v) is 12.0. The highest BCUT2D eigenvalue weighted by Crippen LogP contribution is 2.35. The van der Waals surface area contributed by atoms with Crippen LogP contribution in [0.25, 0.3) is 10.8 Å². The zero-order valence-electron chi connectivity index (χ0n) is 23.1. The molecular weight excluding hydrogens is 478 g/mol. The molecule has 38 heavy (non-hydrogen) atoms. The van der Waals surface area contributed by atoms with Gasteiger partial charge >= 0.3 is 0 Å². The zero-order valence-corrected chi connectivity index (χ0v) is 23.1. The third-order valence-corrected chi connectivity index (χ3v) is 8.89. The summed E-state index contributed by atoms with van der Waals surface area (Å²) in [6, 6.07) is 11.3. The quantitative estimate of drug-likeness (QED) is 0.505. The number of imide groups is 1. The summed E-state index contributed by atoms with van der Waals surface area (Å²) in [4.78, 5) is 32.3. The Hall–Kier alpha value is -2.32. The molecule has 2 aromatic carbocycles. The number of hydrogen-bond donors (Lipinski definition) is 1. The van der Waals surface area contributed by atoms with E-state index in [1.165, 1.54) is 17.7 Å². The first kappa shape index (κ1) is 27.3. The van der Waals surface area contributed by atoms with Crippen molar-refractivity contribution in [2.24, 2.45) is 17.8 Å². The van der Waals surface area contributed by atoms with Crippen LogP contribution in [0.2, 0.25) is 0 Å². The Labute approximate surface area is 226 Å². The smallest absolute Gasteiger partial charge is 0.261 e. The molecule has 5 rings (SSSR count). The second kappa shape index (κ2) is 11.8. The molecule has 0 unspecified atom stereocenters. The fourth-order valence-electron chi connectivity index (χ4n) is 6.61. The lowest BCUT2D eigenvalue weighted by Crippen LogP contribution is -2.52. The molecule has 0 radical (unpaired) electrons. The maximum absolute atomic E-state index is 13.1. The van der Waals surface area contributed by atoms with E-state index < -0.39 is 6.10 Å². The zero-order chi connectivity index (χ0) is 26.8. The van der Waals surface area contributed by atoms with Crippen molar-refractivity contribution in [2.45, 2.75) is 52.2 Å². The minimum absolute atomic E-state index is 0.201. The molecule has 7 nitrogen and oxygen atoms in total. The summed E-state index contributed by atoms with van der Waals surface area (Å²) in [7, 11) is 0. The highest BCUT2D eigenvalue weighted by atomic mass is 16.5. The summed E-state index contributed by atoms with van der Waals surface area (Å²) in [5, 5.41) is 12.4. The first-order valence-electron chi connectivity index (χ1n) is 14.4. The monoisotopic (exact) mass is 521 g/mol. The Bertz CT molecular complexity index is 1090. The highest BCUT2D eigenvalue weighted by molar-refractivity contribution is 6.25. The molecule has 1 saturated carbocycles. The summed E-state index contributed by atoms with van der Waals surface area (Å²) in [5.41, 5.74) is 1.22. The van der Waals surface area contributed by atoms with Crippen LogP contribution in [-0.2, 0) is 4.74 Å². The van der Waals surface area contributed by atoms with Crippen LogP contribution >= 0.6 is 0 Å². The summed E-state index contributed by atoms with van der Waals surface area (Å²) < 4.78 is 6.27. The molecule has 2 aliphatic heterocycles. The fraction of sp³-hybridized carbons (Fsp3) is 0.613. The van der Waals surface area contributed by atoms with E-state index in [1.807, 2.05) is 36.4 Å². The summed E-state index contributed by atoms with van der Waals surface area (Å²) in [6.45, 7) is 12.3. The predicted molar refractivity (Wildman–Crippen MR) is 149 cm³/mol. The number of amides is 2. The SMILES string of the molecule is CC(C)[C@H]1CC[C@@H](C)C[C@@H]1OC[C@@H](O)CN1CCN(CCN2C(=O)c3cccc4cccc(c34)C2=O)CC1. The van der Waals surface area contributed by atoms with Gasteiger partial charge in [-0.2, -0.15) is 0 Å². The molecule has 1 aliphatic carbocycles. The average molecular weight is 522 g/mol. The Morgan fingerprint density at radius 3 is 2.18 bits per heavy atom. The van der Waals surface area contributed by atoms with E-state index in [2.05, 4.69) is 30.6 Å². The number of benzene rings is 2. The minimum Gasteiger partial charge on any atom is -0.389 e. The van der Waals surface area contributed by atoms with Crippen molar-refractivity contribution in [1.29, 1.82) is 0 Å². The van der Waals surface area contributed by atoms with E-state index in [0.29, 0.717) is 55.1 Å². The van der Waals surface area contributed by atoms with Gasteiger partial charge in [0.25, 0.3) is 11.8 Å². The lowest BCUT2D eigenvalue weighted by Gasteiger charge is -2.38. The van der Waals surface area contributed by atoms with Crippen LogP contribution in [0.15, 0.2) is 36.4 Å². The number of rotatable bonds is 9. The highest BCUT2D eigenvalue weighted by Gasteiger charge is 2.34. The number of ether oxygens (including phenoxy) is 1. The average Bonchev–Trinajstić information content (AvgIpc) is 2.91. The normalized spacial score (nSPS) is 25.9. The van der Waals surface area contributed by atoms with Gasteiger partial charge < -0.3 is 9.84 Å². The molecule has 1 saturated heterocycles.